The van der Waals surface area contributed by atoms with Gasteiger partial charge in [-0.05, 0) is 43.6 Å². The number of nitrogens with two attached hydrogens (primary N) is 1. The number of thioether (sulfide) groups is 1. The van der Waals surface area contributed by atoms with Crippen molar-refractivity contribution in [1.82, 2.24) is 15.3 Å². The molecule has 2 aromatic rings. The maximum absolute atomic E-state index is 11.9. The standard InChI is InChI=1S/C17H24N4OS2/c1-10(2)7-8-19-13(22)9-23-17-20-15(18)14-11-5-3-4-6-12(11)24-16(14)21-17/h10H,3-9H2,1-2H3,(H,19,22)(H2,18,20,21). The molecule has 3 rings (SSSR count). The predicted octanol–water partition coefficient (Wildman–Crippen LogP) is 3.41. The maximum Gasteiger partial charge on any atom is 0.230 e. The van der Waals surface area contributed by atoms with Gasteiger partial charge in [-0.25, -0.2) is 9.97 Å². The largest absolute Gasteiger partial charge is 0.383 e. The van der Waals surface area contributed by atoms with Gasteiger partial charge in [-0.3, -0.25) is 4.79 Å². The van der Waals surface area contributed by atoms with Gasteiger partial charge in [-0.1, -0.05) is 25.6 Å². The van der Waals surface area contributed by atoms with Gasteiger partial charge >= 0.3 is 0 Å². The van der Waals surface area contributed by atoms with Gasteiger partial charge in [0, 0.05) is 11.4 Å². The summed E-state index contributed by atoms with van der Waals surface area (Å²) < 4.78 is 0. The van der Waals surface area contributed by atoms with Crippen LogP contribution in [0.15, 0.2) is 5.16 Å². The lowest BCUT2D eigenvalue weighted by atomic mass is 9.97. The lowest BCUT2D eigenvalue weighted by molar-refractivity contribution is -0.118. The van der Waals surface area contributed by atoms with Gasteiger partial charge in [0.05, 0.1) is 11.1 Å². The summed E-state index contributed by atoms with van der Waals surface area (Å²) >= 11 is 3.09. The number of hydrogen-bond donors (Lipinski definition) is 2. The molecule has 7 heteroatoms. The molecule has 0 radical (unpaired) electrons. The molecule has 2 heterocycles. The molecule has 0 aliphatic heterocycles. The van der Waals surface area contributed by atoms with Crippen LogP contribution in [0.3, 0.4) is 0 Å². The van der Waals surface area contributed by atoms with Crippen LogP contribution in [0.5, 0.6) is 0 Å². The molecule has 0 atom stereocenters. The number of aromatic nitrogens is 2. The molecule has 0 saturated heterocycles. The van der Waals surface area contributed by atoms with Crippen LogP contribution < -0.4 is 11.1 Å². The van der Waals surface area contributed by atoms with Gasteiger partial charge in [-0.2, -0.15) is 0 Å². The summed E-state index contributed by atoms with van der Waals surface area (Å²) in [5.41, 5.74) is 7.54. The number of nitrogens with zero attached hydrogens (tertiary/aromatic N) is 2. The maximum atomic E-state index is 11.9. The van der Waals surface area contributed by atoms with Crippen molar-refractivity contribution in [2.75, 3.05) is 18.0 Å². The summed E-state index contributed by atoms with van der Waals surface area (Å²) in [6.07, 6.45) is 5.65. The fourth-order valence-electron chi connectivity index (χ4n) is 2.91. The number of thiophene rings is 1. The van der Waals surface area contributed by atoms with Crippen molar-refractivity contribution in [3.05, 3.63) is 10.4 Å². The van der Waals surface area contributed by atoms with E-state index in [9.17, 15) is 4.79 Å². The third kappa shape index (κ3) is 4.00. The molecule has 0 bridgehead atoms. The molecule has 1 amide bonds. The van der Waals surface area contributed by atoms with Crippen LogP contribution in [-0.4, -0.2) is 28.2 Å². The molecular weight excluding hydrogens is 340 g/mol. The Morgan fingerprint density at radius 2 is 2.12 bits per heavy atom. The molecule has 130 valence electrons. The van der Waals surface area contributed by atoms with E-state index in [0.29, 0.717) is 22.6 Å². The third-order valence-electron chi connectivity index (χ3n) is 4.20. The van der Waals surface area contributed by atoms with Gasteiger partial charge in [0.2, 0.25) is 5.91 Å². The summed E-state index contributed by atoms with van der Waals surface area (Å²) in [4.78, 5) is 23.3. The van der Waals surface area contributed by atoms with Crippen LogP contribution in [0.25, 0.3) is 10.2 Å². The van der Waals surface area contributed by atoms with Crippen LogP contribution in [0.2, 0.25) is 0 Å². The molecule has 2 aromatic heterocycles. The fourth-order valence-corrected chi connectivity index (χ4v) is 4.92. The lowest BCUT2D eigenvalue weighted by Gasteiger charge is -2.10. The molecule has 0 unspecified atom stereocenters. The van der Waals surface area contributed by atoms with Crippen molar-refractivity contribution in [1.29, 1.82) is 0 Å². The van der Waals surface area contributed by atoms with Crippen LogP contribution in [0.1, 0.15) is 43.6 Å². The first kappa shape index (κ1) is 17.5. The zero-order chi connectivity index (χ0) is 17.1. The lowest BCUT2D eigenvalue weighted by Crippen LogP contribution is -2.27. The van der Waals surface area contributed by atoms with E-state index in [0.717, 1.165) is 36.0 Å². The molecule has 24 heavy (non-hydrogen) atoms. The number of amides is 1. The van der Waals surface area contributed by atoms with E-state index in [-0.39, 0.29) is 5.91 Å². The highest BCUT2D eigenvalue weighted by Gasteiger charge is 2.20. The Labute approximate surface area is 150 Å². The quantitative estimate of drug-likeness (QED) is 0.606. The van der Waals surface area contributed by atoms with Crippen molar-refractivity contribution in [2.45, 2.75) is 51.1 Å². The molecule has 5 nitrogen and oxygen atoms in total. The number of anilines is 1. The zero-order valence-corrected chi connectivity index (χ0v) is 15.9. The smallest absolute Gasteiger partial charge is 0.230 e. The molecule has 1 aliphatic carbocycles. The molecule has 0 aromatic carbocycles. The second-order valence-electron chi connectivity index (χ2n) is 6.60. The normalized spacial score (nSPS) is 14.1. The van der Waals surface area contributed by atoms with Gasteiger partial charge in [0.15, 0.2) is 5.16 Å². The van der Waals surface area contributed by atoms with E-state index in [1.165, 1.54) is 35.0 Å². The number of carbonyl (C=O) groups is 1. The Morgan fingerprint density at radius 1 is 1.33 bits per heavy atom. The second-order valence-corrected chi connectivity index (χ2v) is 8.63. The van der Waals surface area contributed by atoms with Crippen molar-refractivity contribution in [3.63, 3.8) is 0 Å². The van der Waals surface area contributed by atoms with Gasteiger partial charge < -0.3 is 11.1 Å². The van der Waals surface area contributed by atoms with E-state index >= 15 is 0 Å². The van der Waals surface area contributed by atoms with E-state index in [4.69, 9.17) is 5.73 Å². The molecule has 3 N–H and O–H groups in total. The number of hydrogen-bond acceptors (Lipinski definition) is 6. The van der Waals surface area contributed by atoms with E-state index in [2.05, 4.69) is 29.1 Å². The summed E-state index contributed by atoms with van der Waals surface area (Å²) in [6.45, 7) is 5.01. The number of aryl methyl sites for hydroxylation is 2. The van der Waals surface area contributed by atoms with E-state index in [1.807, 2.05) is 0 Å². The van der Waals surface area contributed by atoms with Gasteiger partial charge in [0.1, 0.15) is 10.6 Å². The van der Waals surface area contributed by atoms with E-state index in [1.54, 1.807) is 11.3 Å². The Bertz CT molecular complexity index is 742. The molecule has 0 saturated carbocycles. The number of nitrogen functional groups attached to an aromatic ring is 1. The summed E-state index contributed by atoms with van der Waals surface area (Å²) in [7, 11) is 0. The summed E-state index contributed by atoms with van der Waals surface area (Å²) in [5, 5.41) is 4.57. The van der Waals surface area contributed by atoms with Crippen molar-refractivity contribution in [2.24, 2.45) is 5.92 Å². The number of nitrogens with one attached hydrogen (secondary N) is 1. The highest BCUT2D eigenvalue weighted by Crippen LogP contribution is 2.38. The first-order valence-corrected chi connectivity index (χ1v) is 10.3. The van der Waals surface area contributed by atoms with E-state index < -0.39 is 0 Å². The predicted molar refractivity (Wildman–Crippen MR) is 102 cm³/mol. The molecule has 1 aliphatic rings. The fraction of sp³-hybridized carbons (Fsp3) is 0.588. The van der Waals surface area contributed by atoms with Gasteiger partial charge in [0.25, 0.3) is 0 Å². The molecule has 0 spiro atoms. The van der Waals surface area contributed by atoms with Crippen LogP contribution >= 0.6 is 23.1 Å². The minimum absolute atomic E-state index is 0.0217. The Kier molecular flexibility index (Phi) is 5.61. The zero-order valence-electron chi connectivity index (χ0n) is 14.2. The summed E-state index contributed by atoms with van der Waals surface area (Å²) in [6, 6.07) is 0. The average Bonchev–Trinajstić information content (AvgIpc) is 2.91. The minimum atomic E-state index is 0.0217. The Hall–Kier alpha value is -1.34. The van der Waals surface area contributed by atoms with Crippen molar-refractivity contribution in [3.8, 4) is 0 Å². The minimum Gasteiger partial charge on any atom is -0.383 e. The highest BCUT2D eigenvalue weighted by molar-refractivity contribution is 7.99. The number of fused-ring (bicyclic) bond motifs is 3. The Morgan fingerprint density at radius 3 is 2.92 bits per heavy atom. The third-order valence-corrected chi connectivity index (χ3v) is 6.23. The topological polar surface area (TPSA) is 80.9 Å². The second kappa shape index (κ2) is 7.70. The number of rotatable bonds is 6. The van der Waals surface area contributed by atoms with Crippen LogP contribution in [0, 0.1) is 5.92 Å². The average molecular weight is 365 g/mol. The first-order valence-electron chi connectivity index (χ1n) is 8.52. The van der Waals surface area contributed by atoms with Crippen molar-refractivity contribution >= 4 is 45.0 Å². The molecule has 0 fully saturated rings. The van der Waals surface area contributed by atoms with Crippen LogP contribution in [0.4, 0.5) is 5.82 Å². The number of carbonyl (C=O) groups excluding carboxylic acids is 1. The first-order chi connectivity index (χ1) is 11.5. The monoisotopic (exact) mass is 364 g/mol. The van der Waals surface area contributed by atoms with Gasteiger partial charge in [-0.15, -0.1) is 11.3 Å². The SMILES string of the molecule is CC(C)CCNC(=O)CSc1nc(N)c2c3c(sc2n1)CCCC3. The summed E-state index contributed by atoms with van der Waals surface area (Å²) in [5.74, 6) is 1.50. The highest BCUT2D eigenvalue weighted by atomic mass is 32.2. The Balaban J connectivity index is 1.66. The van der Waals surface area contributed by atoms with Crippen LogP contribution in [-0.2, 0) is 17.6 Å². The molecular formula is C17H24N4OS2. The van der Waals surface area contributed by atoms with Crippen molar-refractivity contribution < 1.29 is 4.79 Å².